The predicted octanol–water partition coefficient (Wildman–Crippen LogP) is 2.85. The Morgan fingerprint density at radius 3 is 2.52 bits per heavy atom. The molecule has 0 saturated heterocycles. The summed E-state index contributed by atoms with van der Waals surface area (Å²) >= 11 is 0. The standard InChI is InChI=1S/C17H19NO3/c19-14-9-10-16(20)15(12-14)17(21)18-11-5-4-8-13-6-2-1-3-7-13/h1-3,6-7,9-10,12,19-20H,4-5,8,11H2,(H,18,21). The second-order valence-corrected chi connectivity index (χ2v) is 4.90. The Hall–Kier alpha value is -2.49. The summed E-state index contributed by atoms with van der Waals surface area (Å²) in [6.07, 6.45) is 2.82. The zero-order chi connectivity index (χ0) is 15.1. The highest BCUT2D eigenvalue weighted by atomic mass is 16.3. The Bertz CT molecular complexity index is 596. The number of hydrogen-bond acceptors (Lipinski definition) is 3. The van der Waals surface area contributed by atoms with E-state index < -0.39 is 0 Å². The Kier molecular flexibility index (Phi) is 5.21. The van der Waals surface area contributed by atoms with Gasteiger partial charge >= 0.3 is 0 Å². The third kappa shape index (κ3) is 4.53. The van der Waals surface area contributed by atoms with Crippen molar-refractivity contribution in [3.05, 3.63) is 59.7 Å². The Morgan fingerprint density at radius 1 is 1.00 bits per heavy atom. The van der Waals surface area contributed by atoms with Gasteiger partial charge in [-0.3, -0.25) is 4.79 Å². The molecule has 0 aliphatic rings. The minimum Gasteiger partial charge on any atom is -0.508 e. The first-order valence-corrected chi connectivity index (χ1v) is 7.01. The van der Waals surface area contributed by atoms with Crippen LogP contribution in [0.4, 0.5) is 0 Å². The van der Waals surface area contributed by atoms with E-state index in [4.69, 9.17) is 0 Å². The van der Waals surface area contributed by atoms with Crippen LogP contribution in [0.2, 0.25) is 0 Å². The number of hydrogen-bond donors (Lipinski definition) is 3. The fourth-order valence-corrected chi connectivity index (χ4v) is 2.10. The lowest BCUT2D eigenvalue weighted by Crippen LogP contribution is -2.24. The van der Waals surface area contributed by atoms with Gasteiger partial charge in [0.15, 0.2) is 0 Å². The van der Waals surface area contributed by atoms with E-state index in [0.717, 1.165) is 19.3 Å². The first kappa shape index (κ1) is 14.9. The molecule has 0 aliphatic heterocycles. The first-order chi connectivity index (χ1) is 10.2. The highest BCUT2D eigenvalue weighted by Gasteiger charge is 2.11. The van der Waals surface area contributed by atoms with E-state index in [1.165, 1.54) is 23.8 Å². The molecule has 0 atom stereocenters. The number of aryl methyl sites for hydroxylation is 1. The SMILES string of the molecule is O=C(NCCCCc1ccccc1)c1cc(O)ccc1O. The maximum Gasteiger partial charge on any atom is 0.255 e. The van der Waals surface area contributed by atoms with Crippen molar-refractivity contribution in [3.63, 3.8) is 0 Å². The van der Waals surface area contributed by atoms with Crippen molar-refractivity contribution in [3.8, 4) is 11.5 Å². The molecule has 0 heterocycles. The molecule has 1 amide bonds. The van der Waals surface area contributed by atoms with Crippen molar-refractivity contribution in [1.82, 2.24) is 5.32 Å². The van der Waals surface area contributed by atoms with Crippen LogP contribution in [-0.4, -0.2) is 22.7 Å². The summed E-state index contributed by atoms with van der Waals surface area (Å²) in [7, 11) is 0. The maximum absolute atomic E-state index is 11.9. The molecule has 2 aromatic rings. The minimum atomic E-state index is -0.372. The highest BCUT2D eigenvalue weighted by Crippen LogP contribution is 2.21. The number of phenolic OH excluding ortho intramolecular Hbond substituents is 2. The Labute approximate surface area is 124 Å². The van der Waals surface area contributed by atoms with Crippen LogP contribution in [0.15, 0.2) is 48.5 Å². The van der Waals surface area contributed by atoms with Gasteiger partial charge in [-0.25, -0.2) is 0 Å². The normalized spacial score (nSPS) is 10.3. The van der Waals surface area contributed by atoms with Gasteiger partial charge in [0.1, 0.15) is 11.5 Å². The molecule has 0 unspecified atom stereocenters. The molecule has 0 saturated carbocycles. The van der Waals surface area contributed by atoms with Gasteiger partial charge in [-0.15, -0.1) is 0 Å². The van der Waals surface area contributed by atoms with E-state index >= 15 is 0 Å². The molecule has 0 aromatic heterocycles. The molecular weight excluding hydrogens is 266 g/mol. The molecule has 0 bridgehead atoms. The zero-order valence-electron chi connectivity index (χ0n) is 11.7. The third-order valence-corrected chi connectivity index (χ3v) is 3.25. The Morgan fingerprint density at radius 2 is 1.76 bits per heavy atom. The van der Waals surface area contributed by atoms with Gasteiger partial charge in [-0.05, 0) is 43.0 Å². The molecule has 110 valence electrons. The second kappa shape index (κ2) is 7.33. The van der Waals surface area contributed by atoms with E-state index in [-0.39, 0.29) is 23.0 Å². The summed E-state index contributed by atoms with van der Waals surface area (Å²) < 4.78 is 0. The van der Waals surface area contributed by atoms with Crippen molar-refractivity contribution >= 4 is 5.91 Å². The van der Waals surface area contributed by atoms with E-state index in [0.29, 0.717) is 6.54 Å². The number of amides is 1. The zero-order valence-corrected chi connectivity index (χ0v) is 11.7. The van der Waals surface area contributed by atoms with Crippen LogP contribution in [0, 0.1) is 0 Å². The van der Waals surface area contributed by atoms with Gasteiger partial charge in [0.25, 0.3) is 5.91 Å². The fraction of sp³-hybridized carbons (Fsp3) is 0.235. The lowest BCUT2D eigenvalue weighted by atomic mass is 10.1. The number of phenols is 2. The van der Waals surface area contributed by atoms with Crippen LogP contribution in [0.25, 0.3) is 0 Å². The summed E-state index contributed by atoms with van der Waals surface area (Å²) in [5.41, 5.74) is 1.38. The third-order valence-electron chi connectivity index (χ3n) is 3.25. The van der Waals surface area contributed by atoms with Crippen LogP contribution in [0.1, 0.15) is 28.8 Å². The largest absolute Gasteiger partial charge is 0.508 e. The lowest BCUT2D eigenvalue weighted by molar-refractivity contribution is 0.0950. The average molecular weight is 285 g/mol. The summed E-state index contributed by atoms with van der Waals surface area (Å²) in [6, 6.07) is 14.1. The van der Waals surface area contributed by atoms with Crippen molar-refractivity contribution in [1.29, 1.82) is 0 Å². The van der Waals surface area contributed by atoms with Crippen LogP contribution in [0.5, 0.6) is 11.5 Å². The van der Waals surface area contributed by atoms with Gasteiger partial charge in [0.2, 0.25) is 0 Å². The predicted molar refractivity (Wildman–Crippen MR) is 81.5 cm³/mol. The van der Waals surface area contributed by atoms with Gasteiger partial charge in [-0.2, -0.15) is 0 Å². The smallest absolute Gasteiger partial charge is 0.255 e. The number of nitrogens with one attached hydrogen (secondary N) is 1. The first-order valence-electron chi connectivity index (χ1n) is 7.01. The molecule has 4 heteroatoms. The molecular formula is C17H19NO3. The number of carbonyl (C=O) groups excluding carboxylic acids is 1. The molecule has 0 aliphatic carbocycles. The molecule has 2 aromatic carbocycles. The summed E-state index contributed by atoms with van der Waals surface area (Å²) in [5.74, 6) is -0.542. The van der Waals surface area contributed by atoms with Crippen LogP contribution >= 0.6 is 0 Å². The average Bonchev–Trinajstić information content (AvgIpc) is 2.50. The summed E-state index contributed by atoms with van der Waals surface area (Å²) in [6.45, 7) is 0.542. The molecule has 3 N–H and O–H groups in total. The Balaban J connectivity index is 1.73. The molecule has 2 rings (SSSR count). The maximum atomic E-state index is 11.9. The topological polar surface area (TPSA) is 69.6 Å². The number of aromatic hydroxyl groups is 2. The van der Waals surface area contributed by atoms with Crippen molar-refractivity contribution in [2.24, 2.45) is 0 Å². The summed E-state index contributed by atoms with van der Waals surface area (Å²) in [5, 5.41) is 21.7. The van der Waals surface area contributed by atoms with Crippen LogP contribution in [0.3, 0.4) is 0 Å². The van der Waals surface area contributed by atoms with Gasteiger partial charge in [0.05, 0.1) is 5.56 Å². The highest BCUT2D eigenvalue weighted by molar-refractivity contribution is 5.97. The number of unbranched alkanes of at least 4 members (excludes halogenated alkanes) is 1. The fourth-order valence-electron chi connectivity index (χ4n) is 2.10. The van der Waals surface area contributed by atoms with Gasteiger partial charge < -0.3 is 15.5 Å². The van der Waals surface area contributed by atoms with Crippen molar-refractivity contribution in [2.75, 3.05) is 6.54 Å². The lowest BCUT2D eigenvalue weighted by Gasteiger charge is -2.07. The van der Waals surface area contributed by atoms with Gasteiger partial charge in [-0.1, -0.05) is 30.3 Å². The van der Waals surface area contributed by atoms with E-state index in [1.54, 1.807) is 0 Å². The summed E-state index contributed by atoms with van der Waals surface area (Å²) in [4.78, 5) is 11.9. The van der Waals surface area contributed by atoms with E-state index in [9.17, 15) is 15.0 Å². The molecule has 0 radical (unpaired) electrons. The molecule has 4 nitrogen and oxygen atoms in total. The number of carbonyl (C=O) groups is 1. The van der Waals surface area contributed by atoms with E-state index in [1.807, 2.05) is 18.2 Å². The molecule has 21 heavy (non-hydrogen) atoms. The van der Waals surface area contributed by atoms with Gasteiger partial charge in [0, 0.05) is 6.54 Å². The number of benzene rings is 2. The minimum absolute atomic E-state index is 0.0398. The quantitative estimate of drug-likeness (QED) is 0.564. The van der Waals surface area contributed by atoms with E-state index in [2.05, 4.69) is 17.4 Å². The second-order valence-electron chi connectivity index (χ2n) is 4.90. The molecule has 0 spiro atoms. The van der Waals surface area contributed by atoms with Crippen LogP contribution < -0.4 is 5.32 Å². The van der Waals surface area contributed by atoms with Crippen LogP contribution in [-0.2, 0) is 6.42 Å². The van der Waals surface area contributed by atoms with Crippen molar-refractivity contribution in [2.45, 2.75) is 19.3 Å². The molecule has 0 fully saturated rings. The monoisotopic (exact) mass is 285 g/mol. The van der Waals surface area contributed by atoms with Crippen molar-refractivity contribution < 1.29 is 15.0 Å². The number of rotatable bonds is 6.